The third kappa shape index (κ3) is 2.13. The number of rotatable bonds is 1. The summed E-state index contributed by atoms with van der Waals surface area (Å²) in [6.07, 6.45) is -1.53. The van der Waals surface area contributed by atoms with Crippen LogP contribution < -0.4 is 4.74 Å². The Kier molecular flexibility index (Phi) is 2.60. The number of hydrogen-bond donors (Lipinski definition) is 3. The number of carbonyl (C=O) groups is 1. The van der Waals surface area contributed by atoms with Crippen molar-refractivity contribution in [3.05, 3.63) is 17.2 Å². The van der Waals surface area contributed by atoms with Gasteiger partial charge in [0.25, 0.3) is 11.8 Å². The van der Waals surface area contributed by atoms with Crippen LogP contribution in [0, 0.1) is 0 Å². The van der Waals surface area contributed by atoms with Gasteiger partial charge < -0.3 is 20.1 Å². The van der Waals surface area contributed by atoms with Gasteiger partial charge in [0.1, 0.15) is 0 Å². The van der Waals surface area contributed by atoms with E-state index in [9.17, 15) is 4.79 Å². The average Bonchev–Trinajstić information content (AvgIpc) is 2.22. The van der Waals surface area contributed by atoms with Gasteiger partial charge in [-0.25, -0.2) is 14.8 Å². The summed E-state index contributed by atoms with van der Waals surface area (Å²) in [5.74, 6) is -1.44. The Morgan fingerprint density at radius 2 is 1.71 bits per heavy atom. The van der Waals surface area contributed by atoms with Gasteiger partial charge in [0.05, 0.1) is 16.1 Å². The van der Waals surface area contributed by atoms with Crippen molar-refractivity contribution in [1.29, 1.82) is 0 Å². The van der Waals surface area contributed by atoms with Gasteiger partial charge >= 0.3 is 6.16 Å². The molecule has 8 heteroatoms. The van der Waals surface area contributed by atoms with Gasteiger partial charge in [-0.1, -0.05) is 11.6 Å². The molecule has 0 spiro atoms. The summed E-state index contributed by atoms with van der Waals surface area (Å²) in [6, 6.07) is 2.46. The van der Waals surface area contributed by atoms with Crippen LogP contribution in [0.5, 0.6) is 17.5 Å². The molecule has 2 rings (SSSR count). The van der Waals surface area contributed by atoms with Crippen molar-refractivity contribution in [3.63, 3.8) is 0 Å². The fraction of sp³-hybridized carbons (Fsp3) is 0. The normalized spacial score (nSPS) is 10.4. The Morgan fingerprint density at radius 1 is 1.18 bits per heavy atom. The zero-order valence-corrected chi connectivity index (χ0v) is 8.84. The molecule has 0 saturated heterocycles. The Hall–Kier alpha value is -2.28. The molecule has 0 saturated carbocycles. The maximum Gasteiger partial charge on any atom is 0.511 e. The predicted molar refractivity (Wildman–Crippen MR) is 56.5 cm³/mol. The quantitative estimate of drug-likeness (QED) is 0.526. The second-order valence-electron chi connectivity index (χ2n) is 3.01. The Bertz CT molecular complexity index is 616. The Labute approximate surface area is 98.9 Å². The summed E-state index contributed by atoms with van der Waals surface area (Å²) >= 11 is 5.74. The first-order valence-corrected chi connectivity index (χ1v) is 4.65. The molecule has 7 nitrogen and oxygen atoms in total. The van der Waals surface area contributed by atoms with Gasteiger partial charge in [0.2, 0.25) is 0 Å². The van der Waals surface area contributed by atoms with Crippen LogP contribution in [0.15, 0.2) is 12.1 Å². The minimum atomic E-state index is -1.53. The highest BCUT2D eigenvalue weighted by molar-refractivity contribution is 6.32. The minimum absolute atomic E-state index is 0.000658. The summed E-state index contributed by atoms with van der Waals surface area (Å²) in [7, 11) is 0. The van der Waals surface area contributed by atoms with Gasteiger partial charge in [-0.05, 0) is 6.07 Å². The molecule has 0 radical (unpaired) electrons. The van der Waals surface area contributed by atoms with Crippen molar-refractivity contribution in [3.8, 4) is 17.5 Å². The summed E-state index contributed by atoms with van der Waals surface area (Å²) in [5, 5.41) is 26.7. The summed E-state index contributed by atoms with van der Waals surface area (Å²) in [5.41, 5.74) is 0.337. The fourth-order valence-electron chi connectivity index (χ4n) is 1.21. The molecule has 0 aliphatic rings. The van der Waals surface area contributed by atoms with Crippen molar-refractivity contribution in [2.75, 3.05) is 0 Å². The van der Waals surface area contributed by atoms with Crippen molar-refractivity contribution < 1.29 is 24.9 Å². The molecule has 0 fully saturated rings. The van der Waals surface area contributed by atoms with Crippen molar-refractivity contribution >= 4 is 28.8 Å². The third-order valence-electron chi connectivity index (χ3n) is 1.88. The number of halogens is 1. The van der Waals surface area contributed by atoms with Crippen molar-refractivity contribution in [2.45, 2.75) is 0 Å². The second kappa shape index (κ2) is 3.95. The van der Waals surface area contributed by atoms with Crippen LogP contribution in [0.2, 0.25) is 5.02 Å². The number of aromatic nitrogens is 2. The van der Waals surface area contributed by atoms with E-state index < -0.39 is 17.9 Å². The highest BCUT2D eigenvalue weighted by Gasteiger charge is 2.12. The number of nitrogens with zero attached hydrogens (tertiary/aromatic N) is 2. The van der Waals surface area contributed by atoms with Crippen LogP contribution in [0.1, 0.15) is 0 Å². The lowest BCUT2D eigenvalue weighted by Gasteiger charge is -2.05. The smallest absolute Gasteiger partial charge is 0.489 e. The fourth-order valence-corrected chi connectivity index (χ4v) is 1.41. The summed E-state index contributed by atoms with van der Waals surface area (Å²) < 4.78 is 4.40. The molecule has 0 atom stereocenters. The van der Waals surface area contributed by atoms with E-state index in [0.717, 1.165) is 0 Å². The highest BCUT2D eigenvalue weighted by Crippen LogP contribution is 2.31. The minimum Gasteiger partial charge on any atom is -0.489 e. The van der Waals surface area contributed by atoms with E-state index in [4.69, 9.17) is 26.9 Å². The molecular formula is C9H5ClN2O5. The summed E-state index contributed by atoms with van der Waals surface area (Å²) in [6.45, 7) is 0. The number of hydrogen-bond acceptors (Lipinski definition) is 6. The molecule has 17 heavy (non-hydrogen) atoms. The van der Waals surface area contributed by atoms with E-state index in [0.29, 0.717) is 0 Å². The molecule has 0 aliphatic carbocycles. The lowest BCUT2D eigenvalue weighted by molar-refractivity contribution is 0.144. The Morgan fingerprint density at radius 3 is 2.24 bits per heavy atom. The van der Waals surface area contributed by atoms with Crippen LogP contribution >= 0.6 is 11.6 Å². The van der Waals surface area contributed by atoms with Crippen molar-refractivity contribution in [2.24, 2.45) is 0 Å². The molecule has 0 amide bonds. The molecular weight excluding hydrogens is 252 g/mol. The molecule has 1 aromatic carbocycles. The average molecular weight is 257 g/mol. The van der Waals surface area contributed by atoms with E-state index >= 15 is 0 Å². The number of benzene rings is 1. The van der Waals surface area contributed by atoms with E-state index in [1.54, 1.807) is 0 Å². The summed E-state index contributed by atoms with van der Waals surface area (Å²) in [4.78, 5) is 17.6. The third-order valence-corrected chi connectivity index (χ3v) is 2.17. The van der Waals surface area contributed by atoms with Crippen LogP contribution in [-0.4, -0.2) is 31.4 Å². The van der Waals surface area contributed by atoms with Crippen LogP contribution in [0.4, 0.5) is 4.79 Å². The largest absolute Gasteiger partial charge is 0.511 e. The zero-order valence-electron chi connectivity index (χ0n) is 8.09. The van der Waals surface area contributed by atoms with Crippen molar-refractivity contribution in [1.82, 2.24) is 9.97 Å². The molecule has 2 aromatic rings. The van der Waals surface area contributed by atoms with Gasteiger partial charge in [-0.2, -0.15) is 0 Å². The van der Waals surface area contributed by atoms with Gasteiger partial charge in [0, 0.05) is 6.07 Å². The first-order valence-electron chi connectivity index (χ1n) is 4.27. The number of aromatic hydroxyl groups is 2. The second-order valence-corrected chi connectivity index (χ2v) is 3.42. The molecule has 3 N–H and O–H groups in total. The molecule has 0 aliphatic heterocycles. The maximum atomic E-state index is 10.4. The van der Waals surface area contributed by atoms with Crippen LogP contribution in [0.25, 0.3) is 11.0 Å². The number of fused-ring (bicyclic) bond motifs is 1. The number of ether oxygens (including phenoxy) is 1. The lowest BCUT2D eigenvalue weighted by atomic mass is 10.3. The monoisotopic (exact) mass is 256 g/mol. The van der Waals surface area contributed by atoms with E-state index in [1.165, 1.54) is 12.1 Å². The van der Waals surface area contributed by atoms with Crippen LogP contribution in [0.3, 0.4) is 0 Å². The topological polar surface area (TPSA) is 113 Å². The Balaban J connectivity index is 2.63. The number of carboxylic acid groups (broad SMARTS) is 1. The molecule has 0 unspecified atom stereocenters. The highest BCUT2D eigenvalue weighted by atomic mass is 35.5. The zero-order chi connectivity index (χ0) is 12.6. The maximum absolute atomic E-state index is 10.4. The SMILES string of the molecule is O=C(O)Oc1cc2nc(O)c(O)nc2cc1Cl. The standard InChI is InChI=1S/C9H5ClN2O5/c10-3-1-4-5(2-6(3)17-9(15)16)12-8(14)7(13)11-4/h1-2H,(H,11,13)(H,12,14)(H,15,16). The molecule has 1 heterocycles. The first kappa shape index (κ1) is 11.2. The van der Waals surface area contributed by atoms with Gasteiger partial charge in [-0.3, -0.25) is 0 Å². The lowest BCUT2D eigenvalue weighted by Crippen LogP contribution is -2.03. The first-order chi connectivity index (χ1) is 7.97. The van der Waals surface area contributed by atoms with E-state index in [-0.39, 0.29) is 21.8 Å². The van der Waals surface area contributed by atoms with E-state index in [2.05, 4.69) is 14.7 Å². The molecule has 0 bridgehead atoms. The van der Waals surface area contributed by atoms with E-state index in [1.807, 2.05) is 0 Å². The predicted octanol–water partition coefficient (Wildman–Crippen LogP) is 1.75. The molecule has 88 valence electrons. The molecule has 1 aromatic heterocycles. The van der Waals surface area contributed by atoms with Gasteiger partial charge in [0.15, 0.2) is 5.75 Å². The van der Waals surface area contributed by atoms with Crippen LogP contribution in [-0.2, 0) is 0 Å². The van der Waals surface area contributed by atoms with Gasteiger partial charge in [-0.15, -0.1) is 0 Å².